The van der Waals surface area contributed by atoms with Crippen LogP contribution in [-0.2, 0) is 0 Å². The first kappa shape index (κ1) is 20.2. The number of aliphatic imine (C=N–C) groups is 1. The lowest BCUT2D eigenvalue weighted by molar-refractivity contribution is -0.384. The second-order valence-corrected chi connectivity index (χ2v) is 6.31. The summed E-state index contributed by atoms with van der Waals surface area (Å²) in [6.07, 6.45) is 2.61. The summed E-state index contributed by atoms with van der Waals surface area (Å²) in [5.74, 6) is 2.21. The standard InChI is InChI=1S/C20H24N2O5/c1-14(2)9-10-27-18-8-5-15(11-20(18)26-4)13-21-17-7-6-16(22(23)24)12-19(17)25-3/h5-8,11-14H,9-10H2,1-4H3. The van der Waals surface area contributed by atoms with E-state index < -0.39 is 4.92 Å². The van der Waals surface area contributed by atoms with Crippen LogP contribution in [0.1, 0.15) is 25.8 Å². The normalized spacial score (nSPS) is 11.0. The summed E-state index contributed by atoms with van der Waals surface area (Å²) in [6.45, 7) is 4.92. The number of nitrogens with zero attached hydrogens (tertiary/aromatic N) is 2. The molecule has 2 rings (SSSR count). The molecule has 27 heavy (non-hydrogen) atoms. The van der Waals surface area contributed by atoms with E-state index >= 15 is 0 Å². The van der Waals surface area contributed by atoms with Crippen molar-refractivity contribution in [3.8, 4) is 17.2 Å². The van der Waals surface area contributed by atoms with E-state index in [1.807, 2.05) is 18.2 Å². The molecular formula is C20H24N2O5. The van der Waals surface area contributed by atoms with Gasteiger partial charge >= 0.3 is 0 Å². The van der Waals surface area contributed by atoms with Gasteiger partial charge in [-0.2, -0.15) is 0 Å². The number of methoxy groups -OCH3 is 2. The Bertz CT molecular complexity index is 818. The maximum atomic E-state index is 10.9. The minimum Gasteiger partial charge on any atom is -0.494 e. The first-order valence-corrected chi connectivity index (χ1v) is 8.62. The van der Waals surface area contributed by atoms with Gasteiger partial charge in [-0.25, -0.2) is 0 Å². The summed E-state index contributed by atoms with van der Waals surface area (Å²) in [4.78, 5) is 14.8. The van der Waals surface area contributed by atoms with Crippen molar-refractivity contribution < 1.29 is 19.1 Å². The van der Waals surface area contributed by atoms with E-state index in [2.05, 4.69) is 18.8 Å². The zero-order chi connectivity index (χ0) is 19.8. The molecule has 7 heteroatoms. The third-order valence-corrected chi connectivity index (χ3v) is 3.87. The summed E-state index contributed by atoms with van der Waals surface area (Å²) in [5, 5.41) is 10.9. The number of benzene rings is 2. The second kappa shape index (κ2) is 9.56. The highest BCUT2D eigenvalue weighted by Crippen LogP contribution is 2.32. The van der Waals surface area contributed by atoms with Crippen molar-refractivity contribution in [1.82, 2.24) is 0 Å². The van der Waals surface area contributed by atoms with Gasteiger partial charge in [0.25, 0.3) is 5.69 Å². The van der Waals surface area contributed by atoms with Crippen LogP contribution < -0.4 is 14.2 Å². The molecule has 2 aromatic carbocycles. The fourth-order valence-corrected chi connectivity index (χ4v) is 2.32. The van der Waals surface area contributed by atoms with Gasteiger partial charge in [0.1, 0.15) is 5.69 Å². The Balaban J connectivity index is 2.18. The lowest BCUT2D eigenvalue weighted by atomic mass is 10.1. The van der Waals surface area contributed by atoms with Crippen molar-refractivity contribution in [3.63, 3.8) is 0 Å². The summed E-state index contributed by atoms with van der Waals surface area (Å²) in [6, 6.07) is 9.82. The van der Waals surface area contributed by atoms with E-state index in [-0.39, 0.29) is 5.69 Å². The number of nitro groups is 1. The van der Waals surface area contributed by atoms with Crippen LogP contribution in [0.15, 0.2) is 41.4 Å². The van der Waals surface area contributed by atoms with E-state index in [1.54, 1.807) is 19.4 Å². The van der Waals surface area contributed by atoms with Gasteiger partial charge in [-0.15, -0.1) is 0 Å². The summed E-state index contributed by atoms with van der Waals surface area (Å²) >= 11 is 0. The minimum absolute atomic E-state index is 0.0460. The number of nitro benzene ring substituents is 1. The first-order chi connectivity index (χ1) is 12.9. The van der Waals surface area contributed by atoms with Crippen LogP contribution in [-0.4, -0.2) is 32.0 Å². The molecule has 0 saturated heterocycles. The quantitative estimate of drug-likeness (QED) is 0.359. The van der Waals surface area contributed by atoms with Crippen molar-refractivity contribution in [1.29, 1.82) is 0 Å². The SMILES string of the molecule is COc1cc([N+](=O)[O-])ccc1N=Cc1ccc(OCCC(C)C)c(OC)c1. The van der Waals surface area contributed by atoms with Crippen LogP contribution in [0.25, 0.3) is 0 Å². The van der Waals surface area contributed by atoms with Gasteiger partial charge in [0.2, 0.25) is 0 Å². The molecule has 0 saturated carbocycles. The zero-order valence-corrected chi connectivity index (χ0v) is 16.0. The average molecular weight is 372 g/mol. The fourth-order valence-electron chi connectivity index (χ4n) is 2.32. The topological polar surface area (TPSA) is 83.2 Å². The van der Waals surface area contributed by atoms with Crippen molar-refractivity contribution in [3.05, 3.63) is 52.1 Å². The Labute approximate surface area is 158 Å². The molecule has 0 amide bonds. The lowest BCUT2D eigenvalue weighted by Gasteiger charge is -2.12. The Morgan fingerprint density at radius 3 is 2.44 bits per heavy atom. The van der Waals surface area contributed by atoms with Gasteiger partial charge in [-0.05, 0) is 42.2 Å². The van der Waals surface area contributed by atoms with Gasteiger partial charge in [-0.1, -0.05) is 13.8 Å². The Morgan fingerprint density at radius 1 is 1.07 bits per heavy atom. The van der Waals surface area contributed by atoms with Gasteiger partial charge in [0, 0.05) is 12.3 Å². The number of rotatable bonds is 9. The molecule has 144 valence electrons. The molecule has 0 unspecified atom stereocenters. The monoisotopic (exact) mass is 372 g/mol. The molecule has 0 aliphatic carbocycles. The Hall–Kier alpha value is -3.09. The predicted octanol–water partition coefficient (Wildman–Crippen LogP) is 4.79. The smallest absolute Gasteiger partial charge is 0.273 e. The third-order valence-electron chi connectivity index (χ3n) is 3.87. The molecular weight excluding hydrogens is 348 g/mol. The number of non-ortho nitro benzene ring substituents is 1. The van der Waals surface area contributed by atoms with Crippen molar-refractivity contribution in [2.75, 3.05) is 20.8 Å². The molecule has 2 aromatic rings. The molecule has 0 heterocycles. The van der Waals surface area contributed by atoms with Crippen LogP contribution in [0.4, 0.5) is 11.4 Å². The molecule has 0 aromatic heterocycles. The number of hydrogen-bond donors (Lipinski definition) is 0. The molecule has 0 aliphatic rings. The third kappa shape index (κ3) is 5.70. The molecule has 0 radical (unpaired) electrons. The molecule has 0 aliphatic heterocycles. The first-order valence-electron chi connectivity index (χ1n) is 8.62. The van der Waals surface area contributed by atoms with Gasteiger partial charge < -0.3 is 14.2 Å². The Kier molecular flexibility index (Phi) is 7.16. The van der Waals surface area contributed by atoms with Gasteiger partial charge in [0.05, 0.1) is 31.8 Å². The van der Waals surface area contributed by atoms with Gasteiger partial charge in [-0.3, -0.25) is 15.1 Å². The highest BCUT2D eigenvalue weighted by molar-refractivity contribution is 5.84. The van der Waals surface area contributed by atoms with E-state index in [0.29, 0.717) is 35.5 Å². The summed E-state index contributed by atoms with van der Waals surface area (Å²) in [7, 11) is 3.04. The highest BCUT2D eigenvalue weighted by atomic mass is 16.6. The molecule has 7 nitrogen and oxygen atoms in total. The maximum absolute atomic E-state index is 10.9. The van der Waals surface area contributed by atoms with Crippen molar-refractivity contribution in [2.24, 2.45) is 10.9 Å². The van der Waals surface area contributed by atoms with Gasteiger partial charge in [0.15, 0.2) is 17.2 Å². The largest absolute Gasteiger partial charge is 0.494 e. The summed E-state index contributed by atoms with van der Waals surface area (Å²) < 4.78 is 16.4. The van der Waals surface area contributed by atoms with Crippen LogP contribution in [0.3, 0.4) is 0 Å². The predicted molar refractivity (Wildman–Crippen MR) is 105 cm³/mol. The summed E-state index contributed by atoms with van der Waals surface area (Å²) in [5.41, 5.74) is 1.26. The molecule has 0 spiro atoms. The Morgan fingerprint density at radius 2 is 1.81 bits per heavy atom. The van der Waals surface area contributed by atoms with Crippen LogP contribution in [0.2, 0.25) is 0 Å². The average Bonchev–Trinajstić information content (AvgIpc) is 2.66. The van der Waals surface area contributed by atoms with E-state index in [9.17, 15) is 10.1 Å². The molecule has 0 bridgehead atoms. The number of hydrogen-bond acceptors (Lipinski definition) is 6. The minimum atomic E-state index is -0.473. The number of ether oxygens (including phenoxy) is 3. The highest BCUT2D eigenvalue weighted by Gasteiger charge is 2.11. The zero-order valence-electron chi connectivity index (χ0n) is 16.0. The molecule has 0 atom stereocenters. The molecule has 0 N–H and O–H groups in total. The van der Waals surface area contributed by atoms with Crippen LogP contribution >= 0.6 is 0 Å². The van der Waals surface area contributed by atoms with Crippen LogP contribution in [0, 0.1) is 16.0 Å². The van der Waals surface area contributed by atoms with Crippen molar-refractivity contribution >= 4 is 17.6 Å². The molecule has 0 fully saturated rings. The van der Waals surface area contributed by atoms with E-state index in [0.717, 1.165) is 12.0 Å². The maximum Gasteiger partial charge on any atom is 0.273 e. The van der Waals surface area contributed by atoms with E-state index in [4.69, 9.17) is 14.2 Å². The van der Waals surface area contributed by atoms with Crippen molar-refractivity contribution in [2.45, 2.75) is 20.3 Å². The van der Waals surface area contributed by atoms with Crippen LogP contribution in [0.5, 0.6) is 17.2 Å². The lowest BCUT2D eigenvalue weighted by Crippen LogP contribution is -2.03. The second-order valence-electron chi connectivity index (χ2n) is 6.31. The van der Waals surface area contributed by atoms with E-state index in [1.165, 1.54) is 19.2 Å². The fraction of sp³-hybridized carbons (Fsp3) is 0.350.